The number of fused-ring (bicyclic) bond motifs is 1. The van der Waals surface area contributed by atoms with Gasteiger partial charge < -0.3 is 10.3 Å². The monoisotopic (exact) mass is 269 g/mol. The first-order chi connectivity index (χ1) is 8.88. The standard InChI is InChI=1S/C13H14F3N3/c1-7(8-2-3-8)19-11-5-4-9(17)6-10(11)18-12(19)13(14,15)16/h4-8H,2-3,17H2,1H3. The lowest BCUT2D eigenvalue weighted by molar-refractivity contribution is -0.147. The molecule has 3 rings (SSSR count). The van der Waals surface area contributed by atoms with Crippen LogP contribution in [-0.2, 0) is 6.18 Å². The molecule has 2 N–H and O–H groups in total. The van der Waals surface area contributed by atoms with Crippen LogP contribution in [0.2, 0.25) is 0 Å². The number of nitrogen functional groups attached to an aromatic ring is 1. The van der Waals surface area contributed by atoms with Crippen molar-refractivity contribution in [3.63, 3.8) is 0 Å². The van der Waals surface area contributed by atoms with E-state index in [4.69, 9.17) is 5.73 Å². The van der Waals surface area contributed by atoms with Gasteiger partial charge in [-0.15, -0.1) is 0 Å². The summed E-state index contributed by atoms with van der Waals surface area (Å²) in [6, 6.07) is 4.53. The average molecular weight is 269 g/mol. The Kier molecular flexibility index (Phi) is 2.52. The second-order valence-corrected chi connectivity index (χ2v) is 5.13. The van der Waals surface area contributed by atoms with Crippen LogP contribution in [-0.4, -0.2) is 9.55 Å². The van der Waals surface area contributed by atoms with Gasteiger partial charge in [-0.1, -0.05) is 0 Å². The highest BCUT2D eigenvalue weighted by atomic mass is 19.4. The summed E-state index contributed by atoms with van der Waals surface area (Å²) >= 11 is 0. The third-order valence-electron chi connectivity index (χ3n) is 3.68. The van der Waals surface area contributed by atoms with Crippen LogP contribution in [0, 0.1) is 5.92 Å². The van der Waals surface area contributed by atoms with E-state index in [-0.39, 0.29) is 6.04 Å². The molecule has 1 unspecified atom stereocenters. The first-order valence-corrected chi connectivity index (χ1v) is 6.22. The topological polar surface area (TPSA) is 43.8 Å². The molecule has 102 valence electrons. The Morgan fingerprint density at radius 2 is 2.05 bits per heavy atom. The minimum absolute atomic E-state index is 0.190. The summed E-state index contributed by atoms with van der Waals surface area (Å²) in [5.74, 6) is -0.511. The Bertz CT molecular complexity index is 626. The predicted molar refractivity (Wildman–Crippen MR) is 66.6 cm³/mol. The van der Waals surface area contributed by atoms with Crippen LogP contribution in [0.25, 0.3) is 11.0 Å². The third-order valence-corrected chi connectivity index (χ3v) is 3.68. The summed E-state index contributed by atoms with van der Waals surface area (Å²) < 4.78 is 40.7. The molecule has 3 nitrogen and oxygen atoms in total. The van der Waals surface area contributed by atoms with Gasteiger partial charge in [-0.25, -0.2) is 4.98 Å². The van der Waals surface area contributed by atoms with Crippen molar-refractivity contribution < 1.29 is 13.2 Å². The third kappa shape index (κ3) is 2.05. The maximum absolute atomic E-state index is 13.1. The lowest BCUT2D eigenvalue weighted by Crippen LogP contribution is -2.18. The molecule has 1 aliphatic carbocycles. The van der Waals surface area contributed by atoms with E-state index >= 15 is 0 Å². The molecule has 0 saturated heterocycles. The van der Waals surface area contributed by atoms with Crippen LogP contribution in [0.3, 0.4) is 0 Å². The van der Waals surface area contributed by atoms with Gasteiger partial charge in [0.05, 0.1) is 11.0 Å². The Balaban J connectivity index is 2.24. The van der Waals surface area contributed by atoms with Crippen molar-refractivity contribution >= 4 is 16.7 Å². The number of rotatable bonds is 2. The Morgan fingerprint density at radius 3 is 2.63 bits per heavy atom. The summed E-state index contributed by atoms with van der Waals surface area (Å²) in [7, 11) is 0. The van der Waals surface area contributed by atoms with Gasteiger partial charge in [0.25, 0.3) is 0 Å². The lowest BCUT2D eigenvalue weighted by atomic mass is 10.2. The van der Waals surface area contributed by atoms with E-state index < -0.39 is 12.0 Å². The molecular formula is C13H14F3N3. The molecule has 2 aromatic rings. The smallest absolute Gasteiger partial charge is 0.399 e. The Labute approximate surface area is 108 Å². The van der Waals surface area contributed by atoms with Gasteiger partial charge in [0.15, 0.2) is 0 Å². The number of anilines is 1. The quantitative estimate of drug-likeness (QED) is 0.846. The predicted octanol–water partition coefficient (Wildman–Crippen LogP) is 3.61. The lowest BCUT2D eigenvalue weighted by Gasteiger charge is -2.18. The molecule has 1 saturated carbocycles. The molecule has 1 fully saturated rings. The molecule has 0 amide bonds. The largest absolute Gasteiger partial charge is 0.449 e. The van der Waals surface area contributed by atoms with Crippen LogP contribution in [0.1, 0.15) is 31.6 Å². The second kappa shape index (κ2) is 3.88. The molecule has 1 atom stereocenters. The molecule has 1 heterocycles. The van der Waals surface area contributed by atoms with Crippen molar-refractivity contribution in [3.8, 4) is 0 Å². The number of hydrogen-bond donors (Lipinski definition) is 1. The number of imidazole rings is 1. The van der Waals surface area contributed by atoms with Gasteiger partial charge in [-0.2, -0.15) is 13.2 Å². The van der Waals surface area contributed by atoms with E-state index in [9.17, 15) is 13.2 Å². The van der Waals surface area contributed by atoms with Crippen molar-refractivity contribution in [1.82, 2.24) is 9.55 Å². The molecule has 0 aliphatic heterocycles. The number of aromatic nitrogens is 2. The van der Waals surface area contributed by atoms with Crippen LogP contribution in [0.15, 0.2) is 18.2 Å². The minimum Gasteiger partial charge on any atom is -0.399 e. The van der Waals surface area contributed by atoms with E-state index in [0.717, 1.165) is 12.8 Å². The highest BCUT2D eigenvalue weighted by Gasteiger charge is 2.41. The van der Waals surface area contributed by atoms with E-state index in [1.54, 1.807) is 12.1 Å². The molecular weight excluding hydrogens is 255 g/mol. The molecule has 0 spiro atoms. The summed E-state index contributed by atoms with van der Waals surface area (Å²) in [6.07, 6.45) is -2.49. The fourth-order valence-electron chi connectivity index (χ4n) is 2.52. The molecule has 1 aromatic heterocycles. The second-order valence-electron chi connectivity index (χ2n) is 5.13. The van der Waals surface area contributed by atoms with Crippen molar-refractivity contribution in [2.45, 2.75) is 32.0 Å². The Hall–Kier alpha value is -1.72. The maximum atomic E-state index is 13.1. The number of hydrogen-bond acceptors (Lipinski definition) is 2. The molecule has 0 bridgehead atoms. The zero-order valence-corrected chi connectivity index (χ0v) is 10.4. The van der Waals surface area contributed by atoms with Crippen LogP contribution < -0.4 is 5.73 Å². The number of halogens is 3. The fraction of sp³-hybridized carbons (Fsp3) is 0.462. The number of benzene rings is 1. The van der Waals surface area contributed by atoms with Gasteiger partial charge in [-0.05, 0) is 43.9 Å². The minimum atomic E-state index is -4.45. The molecule has 0 radical (unpaired) electrons. The van der Waals surface area contributed by atoms with E-state index in [1.165, 1.54) is 10.6 Å². The first-order valence-electron chi connectivity index (χ1n) is 6.22. The van der Waals surface area contributed by atoms with Crippen molar-refractivity contribution in [3.05, 3.63) is 24.0 Å². The van der Waals surface area contributed by atoms with E-state index in [1.807, 2.05) is 6.92 Å². The number of alkyl halides is 3. The molecule has 1 aromatic carbocycles. The fourth-order valence-corrected chi connectivity index (χ4v) is 2.52. The number of nitrogens with zero attached hydrogens (tertiary/aromatic N) is 2. The zero-order valence-electron chi connectivity index (χ0n) is 10.4. The van der Waals surface area contributed by atoms with Gasteiger partial charge in [0.1, 0.15) is 0 Å². The van der Waals surface area contributed by atoms with Gasteiger partial charge >= 0.3 is 6.18 Å². The van der Waals surface area contributed by atoms with E-state index in [2.05, 4.69) is 4.98 Å². The summed E-state index contributed by atoms with van der Waals surface area (Å²) in [4.78, 5) is 3.73. The molecule has 1 aliphatic rings. The maximum Gasteiger partial charge on any atom is 0.449 e. The van der Waals surface area contributed by atoms with Crippen LogP contribution in [0.5, 0.6) is 0 Å². The van der Waals surface area contributed by atoms with Crippen molar-refractivity contribution in [1.29, 1.82) is 0 Å². The van der Waals surface area contributed by atoms with Crippen LogP contribution in [0.4, 0.5) is 18.9 Å². The normalized spacial score (nSPS) is 17.9. The SMILES string of the molecule is CC(C1CC1)n1c(C(F)(F)F)nc2cc(N)ccc21. The Morgan fingerprint density at radius 1 is 1.37 bits per heavy atom. The highest BCUT2D eigenvalue weighted by Crippen LogP contribution is 2.43. The van der Waals surface area contributed by atoms with Gasteiger partial charge in [-0.3, -0.25) is 0 Å². The summed E-state index contributed by atoms with van der Waals surface area (Å²) in [6.45, 7) is 1.82. The van der Waals surface area contributed by atoms with E-state index in [0.29, 0.717) is 22.6 Å². The zero-order chi connectivity index (χ0) is 13.8. The van der Waals surface area contributed by atoms with Crippen LogP contribution >= 0.6 is 0 Å². The average Bonchev–Trinajstić information content (AvgIpc) is 3.07. The van der Waals surface area contributed by atoms with Gasteiger partial charge in [0, 0.05) is 11.7 Å². The van der Waals surface area contributed by atoms with Gasteiger partial charge in [0.2, 0.25) is 5.82 Å². The first kappa shape index (κ1) is 12.3. The molecule has 19 heavy (non-hydrogen) atoms. The van der Waals surface area contributed by atoms with Crippen molar-refractivity contribution in [2.75, 3.05) is 5.73 Å². The summed E-state index contributed by atoms with van der Waals surface area (Å²) in [5.41, 5.74) is 6.84. The highest BCUT2D eigenvalue weighted by molar-refractivity contribution is 5.80. The molecule has 6 heteroatoms. The summed E-state index contributed by atoms with van der Waals surface area (Å²) in [5, 5.41) is 0. The van der Waals surface area contributed by atoms with Crippen molar-refractivity contribution in [2.24, 2.45) is 5.92 Å². The number of nitrogens with two attached hydrogens (primary N) is 1.